The van der Waals surface area contributed by atoms with Crippen LogP contribution in [0.2, 0.25) is 5.02 Å². The van der Waals surface area contributed by atoms with E-state index < -0.39 is 0 Å². The fourth-order valence-corrected chi connectivity index (χ4v) is 4.89. The van der Waals surface area contributed by atoms with Crippen molar-refractivity contribution in [1.29, 1.82) is 0 Å². The number of halogens is 2. The standard InChI is InChI=1S/C23H26ClN3O3S.ClH/c1-15-4-7-20-21(16(15)2)25-23(31-20)27(9-8-26-10-12-30-13-11-26)22(28)18-14-17(24)5-6-19(18)29-3;/h4-7,14H,8-13H2,1-3H3;1H. The van der Waals surface area contributed by atoms with Crippen molar-refractivity contribution in [2.75, 3.05) is 51.4 Å². The summed E-state index contributed by atoms with van der Waals surface area (Å²) >= 11 is 7.74. The predicted octanol–water partition coefficient (Wildman–Crippen LogP) is 4.98. The molecule has 9 heteroatoms. The number of hydrogen-bond acceptors (Lipinski definition) is 6. The third kappa shape index (κ3) is 5.18. The summed E-state index contributed by atoms with van der Waals surface area (Å²) in [7, 11) is 1.56. The fourth-order valence-electron chi connectivity index (χ4n) is 3.67. The second-order valence-electron chi connectivity index (χ2n) is 7.61. The SMILES string of the molecule is COc1ccc(Cl)cc1C(=O)N(CCN1CCOCC1)c1nc2c(C)c(C)ccc2s1.Cl. The lowest BCUT2D eigenvalue weighted by Gasteiger charge is -2.29. The molecule has 1 aromatic heterocycles. The molecule has 0 N–H and O–H groups in total. The minimum Gasteiger partial charge on any atom is -0.496 e. The predicted molar refractivity (Wildman–Crippen MR) is 133 cm³/mol. The lowest BCUT2D eigenvalue weighted by atomic mass is 10.1. The summed E-state index contributed by atoms with van der Waals surface area (Å²) in [5.41, 5.74) is 3.71. The molecule has 2 heterocycles. The molecule has 0 aliphatic carbocycles. The van der Waals surface area contributed by atoms with Crippen LogP contribution in [0.25, 0.3) is 10.2 Å². The molecule has 1 fully saturated rings. The van der Waals surface area contributed by atoms with Crippen molar-refractivity contribution in [2.24, 2.45) is 0 Å². The molecule has 172 valence electrons. The number of rotatable bonds is 6. The minimum atomic E-state index is -0.166. The fraction of sp³-hybridized carbons (Fsp3) is 0.391. The molecule has 0 saturated carbocycles. The van der Waals surface area contributed by atoms with Crippen molar-refractivity contribution in [1.82, 2.24) is 9.88 Å². The zero-order valence-electron chi connectivity index (χ0n) is 18.4. The van der Waals surface area contributed by atoms with Gasteiger partial charge in [0.1, 0.15) is 5.75 Å². The largest absolute Gasteiger partial charge is 0.496 e. The Kier molecular flexibility index (Phi) is 8.36. The summed E-state index contributed by atoms with van der Waals surface area (Å²) < 4.78 is 12.0. The first-order chi connectivity index (χ1) is 15.0. The summed E-state index contributed by atoms with van der Waals surface area (Å²) in [6, 6.07) is 9.27. The van der Waals surface area contributed by atoms with Crippen molar-refractivity contribution in [2.45, 2.75) is 13.8 Å². The number of carbonyl (C=O) groups excluding carboxylic acids is 1. The molecule has 2 aromatic carbocycles. The van der Waals surface area contributed by atoms with E-state index in [1.165, 1.54) is 16.9 Å². The summed E-state index contributed by atoms with van der Waals surface area (Å²) in [4.78, 5) is 22.6. The van der Waals surface area contributed by atoms with E-state index in [9.17, 15) is 4.79 Å². The van der Waals surface area contributed by atoms with Crippen LogP contribution >= 0.6 is 35.3 Å². The van der Waals surface area contributed by atoms with Gasteiger partial charge in [-0.2, -0.15) is 0 Å². The topological polar surface area (TPSA) is 54.9 Å². The zero-order chi connectivity index (χ0) is 22.0. The lowest BCUT2D eigenvalue weighted by Crippen LogP contribution is -2.43. The number of aromatic nitrogens is 1. The Morgan fingerprint density at radius 1 is 1.25 bits per heavy atom. The van der Waals surface area contributed by atoms with E-state index in [1.807, 2.05) is 0 Å². The van der Waals surface area contributed by atoms with Gasteiger partial charge in [-0.25, -0.2) is 4.98 Å². The summed E-state index contributed by atoms with van der Waals surface area (Å²) in [5, 5.41) is 1.18. The molecular weight excluding hydrogens is 469 g/mol. The molecule has 3 aromatic rings. The molecule has 1 aliphatic heterocycles. The Bertz CT molecular complexity index is 1100. The first-order valence-electron chi connectivity index (χ1n) is 10.3. The quantitative estimate of drug-likeness (QED) is 0.482. The number of thiazole rings is 1. The van der Waals surface area contributed by atoms with Crippen LogP contribution in [0.15, 0.2) is 30.3 Å². The maximum Gasteiger partial charge on any atom is 0.263 e. The third-order valence-corrected chi connectivity index (χ3v) is 6.96. The van der Waals surface area contributed by atoms with Crippen molar-refractivity contribution in [3.63, 3.8) is 0 Å². The van der Waals surface area contributed by atoms with Gasteiger partial charge in [0.2, 0.25) is 0 Å². The van der Waals surface area contributed by atoms with Gasteiger partial charge in [-0.15, -0.1) is 12.4 Å². The van der Waals surface area contributed by atoms with E-state index in [0.29, 0.717) is 28.0 Å². The van der Waals surface area contributed by atoms with E-state index in [-0.39, 0.29) is 18.3 Å². The summed E-state index contributed by atoms with van der Waals surface area (Å²) in [6.07, 6.45) is 0. The number of methoxy groups -OCH3 is 1. The van der Waals surface area contributed by atoms with Gasteiger partial charge in [-0.3, -0.25) is 14.6 Å². The average Bonchev–Trinajstić information content (AvgIpc) is 3.22. The van der Waals surface area contributed by atoms with Gasteiger partial charge in [-0.05, 0) is 49.2 Å². The monoisotopic (exact) mass is 495 g/mol. The van der Waals surface area contributed by atoms with E-state index in [2.05, 4.69) is 30.9 Å². The number of carbonyl (C=O) groups is 1. The maximum atomic E-state index is 13.7. The molecule has 32 heavy (non-hydrogen) atoms. The number of anilines is 1. The Morgan fingerprint density at radius 2 is 2.00 bits per heavy atom. The third-order valence-electron chi connectivity index (χ3n) is 5.69. The molecule has 4 rings (SSSR count). The smallest absolute Gasteiger partial charge is 0.263 e. The number of ether oxygens (including phenoxy) is 2. The molecule has 1 amide bonds. The maximum absolute atomic E-state index is 13.7. The molecule has 0 radical (unpaired) electrons. The van der Waals surface area contributed by atoms with Crippen LogP contribution < -0.4 is 9.64 Å². The summed E-state index contributed by atoms with van der Waals surface area (Å²) in [6.45, 7) is 8.57. The minimum absolute atomic E-state index is 0. The Labute approximate surface area is 203 Å². The van der Waals surface area contributed by atoms with E-state index in [1.54, 1.807) is 30.2 Å². The molecule has 0 atom stereocenters. The van der Waals surface area contributed by atoms with E-state index in [4.69, 9.17) is 26.1 Å². The number of hydrogen-bond donors (Lipinski definition) is 0. The van der Waals surface area contributed by atoms with E-state index in [0.717, 1.165) is 48.6 Å². The van der Waals surface area contributed by atoms with Crippen molar-refractivity contribution in [3.8, 4) is 5.75 Å². The highest BCUT2D eigenvalue weighted by Gasteiger charge is 2.26. The number of benzene rings is 2. The molecule has 1 aliphatic rings. The van der Waals surface area contributed by atoms with Crippen LogP contribution in [0.3, 0.4) is 0 Å². The molecule has 0 unspecified atom stereocenters. The van der Waals surface area contributed by atoms with Crippen LogP contribution in [0.4, 0.5) is 5.13 Å². The first-order valence-corrected chi connectivity index (χ1v) is 11.5. The van der Waals surface area contributed by atoms with Gasteiger partial charge in [0.05, 0.1) is 36.1 Å². The van der Waals surface area contributed by atoms with Gasteiger partial charge in [-0.1, -0.05) is 29.0 Å². The number of nitrogens with zero attached hydrogens (tertiary/aromatic N) is 3. The highest BCUT2D eigenvalue weighted by Crippen LogP contribution is 2.34. The van der Waals surface area contributed by atoms with Crippen LogP contribution in [-0.4, -0.2) is 62.3 Å². The molecule has 6 nitrogen and oxygen atoms in total. The molecule has 0 bridgehead atoms. The van der Waals surface area contributed by atoms with Crippen LogP contribution in [-0.2, 0) is 4.74 Å². The van der Waals surface area contributed by atoms with Crippen molar-refractivity contribution in [3.05, 3.63) is 52.0 Å². The van der Waals surface area contributed by atoms with Gasteiger partial charge < -0.3 is 9.47 Å². The van der Waals surface area contributed by atoms with Gasteiger partial charge >= 0.3 is 0 Å². The van der Waals surface area contributed by atoms with Crippen LogP contribution in [0, 0.1) is 13.8 Å². The average molecular weight is 496 g/mol. The molecule has 1 saturated heterocycles. The molecule has 0 spiro atoms. The second-order valence-corrected chi connectivity index (χ2v) is 9.05. The first kappa shape index (κ1) is 24.7. The van der Waals surface area contributed by atoms with Crippen LogP contribution in [0.1, 0.15) is 21.5 Å². The van der Waals surface area contributed by atoms with Gasteiger partial charge in [0.25, 0.3) is 5.91 Å². The van der Waals surface area contributed by atoms with E-state index >= 15 is 0 Å². The van der Waals surface area contributed by atoms with Gasteiger partial charge in [0, 0.05) is 31.2 Å². The second kappa shape index (κ2) is 10.8. The Balaban J connectivity index is 0.00000289. The Morgan fingerprint density at radius 3 is 2.72 bits per heavy atom. The number of aryl methyl sites for hydroxylation is 2. The number of morpholine rings is 1. The number of amides is 1. The normalized spacial score (nSPS) is 14.2. The Hall–Kier alpha value is -1.90. The van der Waals surface area contributed by atoms with Crippen LogP contribution in [0.5, 0.6) is 5.75 Å². The lowest BCUT2D eigenvalue weighted by molar-refractivity contribution is 0.0391. The highest BCUT2D eigenvalue weighted by molar-refractivity contribution is 7.22. The van der Waals surface area contributed by atoms with Crippen molar-refractivity contribution >= 4 is 56.6 Å². The molecular formula is C23H27Cl2N3O3S. The summed E-state index contributed by atoms with van der Waals surface area (Å²) in [5.74, 6) is 0.333. The van der Waals surface area contributed by atoms with Gasteiger partial charge in [0.15, 0.2) is 5.13 Å². The number of fused-ring (bicyclic) bond motifs is 1. The zero-order valence-corrected chi connectivity index (χ0v) is 20.8. The van der Waals surface area contributed by atoms with Crippen molar-refractivity contribution < 1.29 is 14.3 Å². The highest BCUT2D eigenvalue weighted by atomic mass is 35.5.